The van der Waals surface area contributed by atoms with Crippen molar-refractivity contribution in [1.82, 2.24) is 4.57 Å². The Hall–Kier alpha value is -8.14. The van der Waals surface area contributed by atoms with E-state index in [1.165, 1.54) is 49.4 Å². The van der Waals surface area contributed by atoms with Crippen LogP contribution in [0.5, 0.6) is 0 Å². The van der Waals surface area contributed by atoms with Crippen LogP contribution in [0.3, 0.4) is 0 Å². The summed E-state index contributed by atoms with van der Waals surface area (Å²) in [6.07, 6.45) is 0. The average Bonchev–Trinajstić information content (AvgIpc) is 3.89. The zero-order chi connectivity index (χ0) is 40.3. The van der Waals surface area contributed by atoms with Gasteiger partial charge in [-0.1, -0.05) is 170 Å². The van der Waals surface area contributed by atoms with E-state index >= 15 is 0 Å². The minimum atomic E-state index is 0.884. The van der Waals surface area contributed by atoms with E-state index in [9.17, 15) is 0 Å². The molecule has 10 aromatic carbocycles. The molecule has 0 saturated heterocycles. The lowest BCUT2D eigenvalue weighted by Gasteiger charge is -2.29. The fourth-order valence-corrected chi connectivity index (χ4v) is 9.35. The van der Waals surface area contributed by atoms with Gasteiger partial charge in [0.15, 0.2) is 0 Å². The molecular formula is C58H38N2O. The Labute approximate surface area is 353 Å². The van der Waals surface area contributed by atoms with Gasteiger partial charge >= 0.3 is 0 Å². The van der Waals surface area contributed by atoms with Crippen LogP contribution in [0.1, 0.15) is 0 Å². The summed E-state index contributed by atoms with van der Waals surface area (Å²) in [7, 11) is 0. The number of aromatic nitrogens is 1. The van der Waals surface area contributed by atoms with Crippen LogP contribution in [-0.2, 0) is 0 Å². The van der Waals surface area contributed by atoms with E-state index in [1.54, 1.807) is 0 Å². The number of rotatable bonds is 7. The minimum absolute atomic E-state index is 0.884. The molecule has 0 unspecified atom stereocenters. The smallest absolute Gasteiger partial charge is 0.143 e. The summed E-state index contributed by atoms with van der Waals surface area (Å²) in [5.41, 5.74) is 15.5. The molecule has 0 aliphatic heterocycles. The van der Waals surface area contributed by atoms with Crippen molar-refractivity contribution in [2.24, 2.45) is 0 Å². The van der Waals surface area contributed by atoms with Crippen molar-refractivity contribution in [2.75, 3.05) is 4.90 Å². The Morgan fingerprint density at radius 1 is 0.361 bits per heavy atom. The van der Waals surface area contributed by atoms with Gasteiger partial charge in [-0.3, -0.25) is 0 Å². The van der Waals surface area contributed by atoms with E-state index in [1.807, 2.05) is 0 Å². The first kappa shape index (κ1) is 34.9. The maximum Gasteiger partial charge on any atom is 0.143 e. The molecule has 0 aliphatic carbocycles. The van der Waals surface area contributed by atoms with E-state index < -0.39 is 0 Å². The van der Waals surface area contributed by atoms with Crippen LogP contribution in [0, 0.1) is 0 Å². The van der Waals surface area contributed by atoms with Crippen LogP contribution in [0.2, 0.25) is 0 Å². The van der Waals surface area contributed by atoms with Crippen LogP contribution in [-0.4, -0.2) is 4.57 Å². The molecule has 0 aliphatic rings. The lowest BCUT2D eigenvalue weighted by molar-refractivity contribution is 0.673. The van der Waals surface area contributed by atoms with Gasteiger partial charge in [-0.15, -0.1) is 0 Å². The third kappa shape index (κ3) is 5.82. The number of furan rings is 1. The fourth-order valence-electron chi connectivity index (χ4n) is 9.35. The molecule has 61 heavy (non-hydrogen) atoms. The number of benzene rings is 10. The molecule has 0 fully saturated rings. The Bertz CT molecular complexity index is 3520. The van der Waals surface area contributed by atoms with Crippen LogP contribution < -0.4 is 4.90 Å². The molecule has 0 atom stereocenters. The van der Waals surface area contributed by atoms with Crippen molar-refractivity contribution in [2.45, 2.75) is 0 Å². The zero-order valence-electron chi connectivity index (χ0n) is 33.2. The van der Waals surface area contributed by atoms with Gasteiger partial charge in [0.2, 0.25) is 0 Å². The molecule has 0 spiro atoms. The highest BCUT2D eigenvalue weighted by Gasteiger charge is 2.22. The average molecular weight is 779 g/mol. The number of para-hydroxylation sites is 4. The molecule has 3 heteroatoms. The quantitative estimate of drug-likeness (QED) is 0.161. The van der Waals surface area contributed by atoms with Crippen molar-refractivity contribution in [1.29, 1.82) is 0 Å². The van der Waals surface area contributed by atoms with Gasteiger partial charge in [0, 0.05) is 38.3 Å². The molecule has 12 aromatic rings. The van der Waals surface area contributed by atoms with Gasteiger partial charge in [-0.25, -0.2) is 0 Å². The second-order valence-corrected chi connectivity index (χ2v) is 15.7. The summed E-state index contributed by atoms with van der Waals surface area (Å²) in [6.45, 7) is 0. The van der Waals surface area contributed by atoms with Gasteiger partial charge in [-0.2, -0.15) is 0 Å². The lowest BCUT2D eigenvalue weighted by atomic mass is 9.97. The van der Waals surface area contributed by atoms with Crippen LogP contribution in [0.25, 0.3) is 93.6 Å². The highest BCUT2D eigenvalue weighted by Crippen LogP contribution is 2.45. The first-order valence-corrected chi connectivity index (χ1v) is 20.8. The van der Waals surface area contributed by atoms with E-state index in [2.05, 4.69) is 240 Å². The number of nitrogens with zero attached hydrogens (tertiary/aromatic N) is 2. The first-order chi connectivity index (χ1) is 30.3. The highest BCUT2D eigenvalue weighted by molar-refractivity contribution is 6.19. The van der Waals surface area contributed by atoms with E-state index in [0.29, 0.717) is 0 Å². The number of hydrogen-bond donors (Lipinski definition) is 0. The summed E-state index contributed by atoms with van der Waals surface area (Å²) in [5, 5.41) is 7.01. The predicted molar refractivity (Wildman–Crippen MR) is 257 cm³/mol. The largest absolute Gasteiger partial charge is 0.455 e. The second kappa shape index (κ2) is 14.3. The molecule has 0 amide bonds. The Kier molecular flexibility index (Phi) is 8.17. The van der Waals surface area contributed by atoms with Crippen molar-refractivity contribution in [3.05, 3.63) is 231 Å². The van der Waals surface area contributed by atoms with Gasteiger partial charge in [0.1, 0.15) is 11.2 Å². The Balaban J connectivity index is 1.04. The Morgan fingerprint density at radius 3 is 1.67 bits per heavy atom. The third-order valence-corrected chi connectivity index (χ3v) is 12.2. The first-order valence-electron chi connectivity index (χ1n) is 20.8. The number of fused-ring (bicyclic) bond motifs is 8. The zero-order valence-corrected chi connectivity index (χ0v) is 33.2. The van der Waals surface area contributed by atoms with E-state index in [-0.39, 0.29) is 0 Å². The third-order valence-electron chi connectivity index (χ3n) is 12.2. The molecular weight excluding hydrogens is 741 g/mol. The fraction of sp³-hybridized carbons (Fsp3) is 0. The molecule has 12 rings (SSSR count). The summed E-state index contributed by atoms with van der Waals surface area (Å²) in [6, 6.07) is 82.9. The van der Waals surface area contributed by atoms with Crippen LogP contribution in [0.4, 0.5) is 17.1 Å². The summed E-state index contributed by atoms with van der Waals surface area (Å²) in [4.78, 5) is 2.41. The van der Waals surface area contributed by atoms with Crippen molar-refractivity contribution < 1.29 is 4.42 Å². The molecule has 2 aromatic heterocycles. The maximum atomic E-state index is 6.63. The Morgan fingerprint density at radius 2 is 0.934 bits per heavy atom. The topological polar surface area (TPSA) is 21.3 Å². The summed E-state index contributed by atoms with van der Waals surface area (Å²) < 4.78 is 9.05. The molecule has 3 nitrogen and oxygen atoms in total. The van der Waals surface area contributed by atoms with Gasteiger partial charge < -0.3 is 13.9 Å². The lowest BCUT2D eigenvalue weighted by Crippen LogP contribution is -2.13. The van der Waals surface area contributed by atoms with Crippen LogP contribution in [0.15, 0.2) is 235 Å². The second-order valence-electron chi connectivity index (χ2n) is 15.7. The van der Waals surface area contributed by atoms with E-state index in [4.69, 9.17) is 4.42 Å². The molecule has 2 heterocycles. The molecule has 0 N–H and O–H groups in total. The maximum absolute atomic E-state index is 6.63. The minimum Gasteiger partial charge on any atom is -0.455 e. The molecule has 0 bridgehead atoms. The van der Waals surface area contributed by atoms with Crippen molar-refractivity contribution in [3.63, 3.8) is 0 Å². The SMILES string of the molecule is c1ccc(-c2ccc(-c3ccc(N(c4cccc(-c5cccc6oc7c8ccccc8ccc7c56)c4)c4ccccc4-n4c5ccccc5c5ccccc54)cc3)cc2)cc1. The van der Waals surface area contributed by atoms with Gasteiger partial charge in [0.25, 0.3) is 0 Å². The van der Waals surface area contributed by atoms with E-state index in [0.717, 1.165) is 61.2 Å². The van der Waals surface area contributed by atoms with Gasteiger partial charge in [0.05, 0.1) is 22.4 Å². The number of hydrogen-bond acceptors (Lipinski definition) is 2. The molecule has 0 saturated carbocycles. The predicted octanol–water partition coefficient (Wildman–Crippen LogP) is 16.3. The molecule has 0 radical (unpaired) electrons. The van der Waals surface area contributed by atoms with Gasteiger partial charge in [-0.05, 0) is 99.4 Å². The standard InChI is InChI=1S/C58H38N2O/c1-2-14-39(15-3-1)40-28-30-41(31-29-40)42-32-35-45(36-33-42)59(54-25-10-11-26-55(54)60-52-23-8-6-20-49(52)50-21-7-9-24-53(50)60)46-18-12-17-44(38-46)47-22-13-27-56-57(47)51-37-34-43-16-4-5-19-48(43)58(51)61-56/h1-38H. The highest BCUT2D eigenvalue weighted by atomic mass is 16.3. The normalized spacial score (nSPS) is 11.6. The summed E-state index contributed by atoms with van der Waals surface area (Å²) >= 11 is 0. The van der Waals surface area contributed by atoms with Crippen LogP contribution >= 0.6 is 0 Å². The monoisotopic (exact) mass is 778 g/mol. The summed E-state index contributed by atoms with van der Waals surface area (Å²) in [5.74, 6) is 0. The molecule has 286 valence electrons. The number of anilines is 3. The van der Waals surface area contributed by atoms with Crippen molar-refractivity contribution >= 4 is 71.6 Å². The van der Waals surface area contributed by atoms with Crippen molar-refractivity contribution in [3.8, 4) is 39.1 Å².